The van der Waals surface area contributed by atoms with Gasteiger partial charge in [0.2, 0.25) is 0 Å². The molecule has 0 atom stereocenters. The van der Waals surface area contributed by atoms with Crippen LogP contribution in [0.3, 0.4) is 0 Å². The molecule has 1 heterocycles. The van der Waals surface area contributed by atoms with Crippen molar-refractivity contribution in [3.8, 4) is 0 Å². The molecule has 2 N–H and O–H groups in total. The van der Waals surface area contributed by atoms with Crippen molar-refractivity contribution in [2.45, 2.75) is 13.8 Å². The molecule has 25 heavy (non-hydrogen) atoms. The van der Waals surface area contributed by atoms with Gasteiger partial charge in [-0.1, -0.05) is 12.1 Å². The van der Waals surface area contributed by atoms with E-state index in [-0.39, 0.29) is 5.91 Å². The molecule has 5 nitrogen and oxygen atoms in total. The summed E-state index contributed by atoms with van der Waals surface area (Å²) in [6, 6.07) is 14.8. The van der Waals surface area contributed by atoms with Crippen molar-refractivity contribution in [2.75, 3.05) is 10.6 Å². The molecular weight excluding hydrogens is 319 g/mol. The van der Waals surface area contributed by atoms with Crippen LogP contribution in [0.15, 0.2) is 54.6 Å². The summed E-state index contributed by atoms with van der Waals surface area (Å²) in [5.74, 6) is 0.136. The van der Waals surface area contributed by atoms with Crippen molar-refractivity contribution in [3.63, 3.8) is 0 Å². The molecule has 3 aromatic rings. The van der Waals surface area contributed by atoms with Crippen LogP contribution in [0.5, 0.6) is 0 Å². The lowest BCUT2D eigenvalue weighted by Gasteiger charge is -2.10. The van der Waals surface area contributed by atoms with Crippen LogP contribution in [0.4, 0.5) is 21.7 Å². The van der Waals surface area contributed by atoms with Crippen LogP contribution in [0.2, 0.25) is 0 Å². The molecule has 0 fully saturated rings. The SMILES string of the molecule is Cc1ccc(C)c(Nc2ccc(NC(=O)c3ccc(F)cc3)nn2)c1. The van der Waals surface area contributed by atoms with Gasteiger partial charge >= 0.3 is 0 Å². The minimum atomic E-state index is -0.391. The molecule has 126 valence electrons. The molecule has 0 spiro atoms. The van der Waals surface area contributed by atoms with Gasteiger partial charge in [-0.2, -0.15) is 0 Å². The number of aryl methyl sites for hydroxylation is 2. The molecule has 0 unspecified atom stereocenters. The van der Waals surface area contributed by atoms with E-state index in [1.54, 1.807) is 12.1 Å². The zero-order valence-electron chi connectivity index (χ0n) is 13.9. The minimum Gasteiger partial charge on any atom is -0.339 e. The fourth-order valence-corrected chi connectivity index (χ4v) is 2.26. The summed E-state index contributed by atoms with van der Waals surface area (Å²) in [7, 11) is 0. The second-order valence-corrected chi connectivity index (χ2v) is 5.71. The highest BCUT2D eigenvalue weighted by molar-refractivity contribution is 6.03. The van der Waals surface area contributed by atoms with Crippen LogP contribution < -0.4 is 10.6 Å². The zero-order chi connectivity index (χ0) is 17.8. The second-order valence-electron chi connectivity index (χ2n) is 5.71. The Bertz CT molecular complexity index is 892. The van der Waals surface area contributed by atoms with Crippen molar-refractivity contribution >= 4 is 23.2 Å². The highest BCUT2D eigenvalue weighted by Gasteiger charge is 2.08. The first-order chi connectivity index (χ1) is 12.0. The number of amides is 1. The number of nitrogens with zero attached hydrogens (tertiary/aromatic N) is 2. The highest BCUT2D eigenvalue weighted by atomic mass is 19.1. The molecule has 0 aliphatic carbocycles. The molecule has 0 bridgehead atoms. The summed E-state index contributed by atoms with van der Waals surface area (Å²) in [5, 5.41) is 13.9. The van der Waals surface area contributed by atoms with Gasteiger partial charge in [0.25, 0.3) is 5.91 Å². The van der Waals surface area contributed by atoms with Gasteiger partial charge in [0, 0.05) is 11.3 Å². The third-order valence-corrected chi connectivity index (χ3v) is 3.67. The molecule has 6 heteroatoms. The molecule has 2 aromatic carbocycles. The van der Waals surface area contributed by atoms with Gasteiger partial charge < -0.3 is 10.6 Å². The fourth-order valence-electron chi connectivity index (χ4n) is 2.26. The molecule has 1 aromatic heterocycles. The van der Waals surface area contributed by atoms with Crippen LogP contribution in [-0.2, 0) is 0 Å². The number of carbonyl (C=O) groups is 1. The Morgan fingerprint density at radius 3 is 2.28 bits per heavy atom. The Labute approximate surface area is 144 Å². The summed E-state index contributed by atoms with van der Waals surface area (Å²) >= 11 is 0. The smallest absolute Gasteiger partial charge is 0.256 e. The third kappa shape index (κ3) is 4.17. The van der Waals surface area contributed by atoms with E-state index < -0.39 is 5.82 Å². The van der Waals surface area contributed by atoms with Crippen molar-refractivity contribution in [1.29, 1.82) is 0 Å². The van der Waals surface area contributed by atoms with E-state index in [0.29, 0.717) is 17.2 Å². The average Bonchev–Trinajstić information content (AvgIpc) is 2.60. The molecule has 0 aliphatic heterocycles. The van der Waals surface area contributed by atoms with Crippen LogP contribution in [0, 0.1) is 19.7 Å². The second kappa shape index (κ2) is 7.09. The topological polar surface area (TPSA) is 66.9 Å². The van der Waals surface area contributed by atoms with E-state index in [0.717, 1.165) is 16.8 Å². The summed E-state index contributed by atoms with van der Waals surface area (Å²) in [4.78, 5) is 12.1. The summed E-state index contributed by atoms with van der Waals surface area (Å²) < 4.78 is 12.9. The number of anilines is 3. The number of halogens is 1. The van der Waals surface area contributed by atoms with Crippen molar-refractivity contribution in [3.05, 3.63) is 77.1 Å². The number of hydrogen-bond donors (Lipinski definition) is 2. The Morgan fingerprint density at radius 2 is 1.60 bits per heavy atom. The van der Waals surface area contributed by atoms with Gasteiger partial charge in [0.05, 0.1) is 0 Å². The fraction of sp³-hybridized carbons (Fsp3) is 0.105. The normalized spacial score (nSPS) is 10.4. The number of aromatic nitrogens is 2. The molecule has 0 aliphatic rings. The molecule has 1 amide bonds. The van der Waals surface area contributed by atoms with E-state index in [2.05, 4.69) is 20.8 Å². The Morgan fingerprint density at radius 1 is 0.920 bits per heavy atom. The predicted molar refractivity (Wildman–Crippen MR) is 95.6 cm³/mol. The van der Waals surface area contributed by atoms with Gasteiger partial charge in [-0.25, -0.2) is 4.39 Å². The molecular formula is C19H17FN4O. The van der Waals surface area contributed by atoms with Crippen LogP contribution in [0.25, 0.3) is 0 Å². The van der Waals surface area contributed by atoms with Crippen molar-refractivity contribution < 1.29 is 9.18 Å². The maximum absolute atomic E-state index is 12.9. The molecule has 3 rings (SSSR count). The van der Waals surface area contributed by atoms with Gasteiger partial charge in [-0.3, -0.25) is 4.79 Å². The Kier molecular flexibility index (Phi) is 4.70. The maximum atomic E-state index is 12.9. The minimum absolute atomic E-state index is 0.320. The largest absolute Gasteiger partial charge is 0.339 e. The number of carbonyl (C=O) groups excluding carboxylic acids is 1. The first kappa shape index (κ1) is 16.6. The standard InChI is InChI=1S/C19H17FN4O/c1-12-3-4-13(2)16(11-12)21-17-9-10-18(24-23-17)22-19(25)14-5-7-15(20)8-6-14/h3-11H,1-2H3,(H,21,23)(H,22,24,25). The van der Waals surface area contributed by atoms with Gasteiger partial charge in [0.1, 0.15) is 5.82 Å². The zero-order valence-corrected chi connectivity index (χ0v) is 13.9. The van der Waals surface area contributed by atoms with Crippen molar-refractivity contribution in [2.24, 2.45) is 0 Å². The summed E-state index contributed by atoms with van der Waals surface area (Å²) in [6.45, 7) is 4.02. The number of hydrogen-bond acceptors (Lipinski definition) is 4. The van der Waals surface area contributed by atoms with E-state index in [4.69, 9.17) is 0 Å². The van der Waals surface area contributed by atoms with Gasteiger partial charge in [0.15, 0.2) is 11.6 Å². The first-order valence-electron chi connectivity index (χ1n) is 7.76. The predicted octanol–water partition coefficient (Wildman–Crippen LogP) is 4.23. The van der Waals surface area contributed by atoms with E-state index in [9.17, 15) is 9.18 Å². The van der Waals surface area contributed by atoms with Crippen LogP contribution in [0.1, 0.15) is 21.5 Å². The van der Waals surface area contributed by atoms with Gasteiger partial charge in [-0.05, 0) is 67.4 Å². The maximum Gasteiger partial charge on any atom is 0.256 e. The third-order valence-electron chi connectivity index (χ3n) is 3.67. The van der Waals surface area contributed by atoms with E-state index in [1.165, 1.54) is 24.3 Å². The lowest BCUT2D eigenvalue weighted by atomic mass is 10.1. The lowest BCUT2D eigenvalue weighted by Crippen LogP contribution is -2.13. The Hall–Kier alpha value is -3.28. The number of rotatable bonds is 4. The Balaban J connectivity index is 1.68. The van der Waals surface area contributed by atoms with E-state index in [1.807, 2.05) is 32.0 Å². The van der Waals surface area contributed by atoms with Crippen LogP contribution in [-0.4, -0.2) is 16.1 Å². The number of nitrogens with one attached hydrogen (secondary N) is 2. The first-order valence-corrected chi connectivity index (χ1v) is 7.76. The number of benzene rings is 2. The molecule has 0 saturated heterocycles. The quantitative estimate of drug-likeness (QED) is 0.748. The van der Waals surface area contributed by atoms with E-state index >= 15 is 0 Å². The van der Waals surface area contributed by atoms with Crippen molar-refractivity contribution in [1.82, 2.24) is 10.2 Å². The lowest BCUT2D eigenvalue weighted by molar-refractivity contribution is 0.102. The summed E-state index contributed by atoms with van der Waals surface area (Å²) in [6.07, 6.45) is 0. The highest BCUT2D eigenvalue weighted by Crippen LogP contribution is 2.20. The molecule has 0 saturated carbocycles. The van der Waals surface area contributed by atoms with Crippen LogP contribution >= 0.6 is 0 Å². The van der Waals surface area contributed by atoms with Gasteiger partial charge in [-0.15, -0.1) is 10.2 Å². The monoisotopic (exact) mass is 336 g/mol. The summed E-state index contributed by atoms with van der Waals surface area (Å²) in [5.41, 5.74) is 3.54. The molecule has 0 radical (unpaired) electrons. The average molecular weight is 336 g/mol.